The first-order valence-corrected chi connectivity index (χ1v) is 10.2. The number of amides is 2. The number of hydrogen-bond donors (Lipinski definition) is 1. The van der Waals surface area contributed by atoms with Gasteiger partial charge < -0.3 is 4.90 Å². The minimum atomic E-state index is -0.224. The first-order chi connectivity index (χ1) is 14.6. The number of pyridine rings is 2. The van der Waals surface area contributed by atoms with Gasteiger partial charge in [0.1, 0.15) is 0 Å². The molecule has 5 heterocycles. The molecular weight excluding hydrogens is 378 g/mol. The number of anilines is 3. The molecule has 0 aliphatic carbocycles. The van der Waals surface area contributed by atoms with Crippen molar-refractivity contribution >= 4 is 23.4 Å². The topological polar surface area (TPSA) is 87.1 Å². The number of urea groups is 1. The van der Waals surface area contributed by atoms with Crippen molar-refractivity contribution in [3.8, 4) is 11.3 Å². The lowest BCUT2D eigenvalue weighted by Crippen LogP contribution is -2.56. The van der Waals surface area contributed by atoms with Crippen molar-refractivity contribution < 1.29 is 4.79 Å². The van der Waals surface area contributed by atoms with Crippen LogP contribution < -0.4 is 15.1 Å². The summed E-state index contributed by atoms with van der Waals surface area (Å²) in [6, 6.07) is 7.89. The molecular formula is C22H23N7O. The van der Waals surface area contributed by atoms with E-state index in [0.717, 1.165) is 54.3 Å². The zero-order valence-electron chi connectivity index (χ0n) is 17.0. The molecule has 0 aromatic carbocycles. The molecule has 5 rings (SSSR count). The molecule has 8 nitrogen and oxygen atoms in total. The normalized spacial score (nSPS) is 17.5. The summed E-state index contributed by atoms with van der Waals surface area (Å²) in [4.78, 5) is 35.1. The summed E-state index contributed by atoms with van der Waals surface area (Å²) in [5.41, 5.74) is 4.49. The van der Waals surface area contributed by atoms with E-state index in [0.29, 0.717) is 11.6 Å². The molecule has 3 aromatic heterocycles. The minimum absolute atomic E-state index is 0.0749. The molecule has 2 bridgehead atoms. The van der Waals surface area contributed by atoms with Gasteiger partial charge in [0.05, 0.1) is 29.3 Å². The van der Waals surface area contributed by atoms with E-state index < -0.39 is 0 Å². The van der Waals surface area contributed by atoms with E-state index in [-0.39, 0.29) is 12.1 Å². The van der Waals surface area contributed by atoms with Crippen molar-refractivity contribution in [3.05, 3.63) is 54.2 Å². The van der Waals surface area contributed by atoms with Crippen LogP contribution in [-0.2, 0) is 0 Å². The third kappa shape index (κ3) is 3.34. The second-order valence-electron chi connectivity index (χ2n) is 7.81. The summed E-state index contributed by atoms with van der Waals surface area (Å²) < 4.78 is 0. The van der Waals surface area contributed by atoms with Crippen LogP contribution in [0.3, 0.4) is 0 Å². The number of hydrogen-bond acceptors (Lipinski definition) is 6. The Labute approximate surface area is 175 Å². The van der Waals surface area contributed by atoms with Gasteiger partial charge in [-0.1, -0.05) is 0 Å². The number of rotatable bonds is 2. The fraction of sp³-hybridized carbons (Fsp3) is 0.318. The predicted molar refractivity (Wildman–Crippen MR) is 116 cm³/mol. The second-order valence-corrected chi connectivity index (χ2v) is 7.81. The summed E-state index contributed by atoms with van der Waals surface area (Å²) in [6.07, 6.45) is 7.00. The Morgan fingerprint density at radius 3 is 2.87 bits per heavy atom. The number of piperidine rings is 1. The van der Waals surface area contributed by atoms with Crippen LogP contribution in [0.2, 0.25) is 0 Å². The fourth-order valence-electron chi connectivity index (χ4n) is 4.24. The van der Waals surface area contributed by atoms with Crippen molar-refractivity contribution in [2.45, 2.75) is 32.7 Å². The number of nitrogens with zero attached hydrogens (tertiary/aromatic N) is 6. The van der Waals surface area contributed by atoms with Crippen molar-refractivity contribution in [2.75, 3.05) is 28.2 Å². The minimum Gasteiger partial charge on any atom is -0.366 e. The van der Waals surface area contributed by atoms with Gasteiger partial charge in [0.25, 0.3) is 0 Å². The molecule has 1 saturated heterocycles. The highest BCUT2D eigenvalue weighted by molar-refractivity contribution is 6.04. The molecule has 30 heavy (non-hydrogen) atoms. The molecule has 2 amide bonds. The van der Waals surface area contributed by atoms with Crippen LogP contribution in [0.1, 0.15) is 24.2 Å². The average molecular weight is 401 g/mol. The largest absolute Gasteiger partial charge is 0.366 e. The number of aromatic nitrogens is 4. The smallest absolute Gasteiger partial charge is 0.329 e. The van der Waals surface area contributed by atoms with Crippen LogP contribution in [0.15, 0.2) is 42.9 Å². The van der Waals surface area contributed by atoms with E-state index in [4.69, 9.17) is 4.98 Å². The quantitative estimate of drug-likeness (QED) is 0.706. The molecule has 152 valence electrons. The van der Waals surface area contributed by atoms with Crippen LogP contribution in [0.25, 0.3) is 11.3 Å². The lowest BCUT2D eigenvalue weighted by molar-refractivity contribution is 0.252. The molecule has 0 spiro atoms. The lowest BCUT2D eigenvalue weighted by Gasteiger charge is -2.45. The molecule has 1 N–H and O–H groups in total. The van der Waals surface area contributed by atoms with E-state index in [2.05, 4.69) is 31.2 Å². The van der Waals surface area contributed by atoms with Crippen molar-refractivity contribution in [2.24, 2.45) is 0 Å². The fourth-order valence-corrected chi connectivity index (χ4v) is 4.24. The third-order valence-corrected chi connectivity index (χ3v) is 5.59. The van der Waals surface area contributed by atoms with Crippen molar-refractivity contribution in [3.63, 3.8) is 0 Å². The van der Waals surface area contributed by atoms with Crippen LogP contribution in [-0.4, -0.2) is 45.1 Å². The molecule has 3 aromatic rings. The third-order valence-electron chi connectivity index (χ3n) is 5.59. The molecule has 2 aliphatic rings. The Balaban J connectivity index is 1.55. The van der Waals surface area contributed by atoms with E-state index in [1.54, 1.807) is 23.5 Å². The van der Waals surface area contributed by atoms with Crippen molar-refractivity contribution in [1.29, 1.82) is 0 Å². The maximum atomic E-state index is 13.3. The second kappa shape index (κ2) is 7.37. The Bertz CT molecular complexity index is 1120. The predicted octanol–water partition coefficient (Wildman–Crippen LogP) is 3.57. The monoisotopic (exact) mass is 401 g/mol. The van der Waals surface area contributed by atoms with Crippen LogP contribution in [0, 0.1) is 13.8 Å². The van der Waals surface area contributed by atoms with Gasteiger partial charge in [-0.3, -0.25) is 20.2 Å². The number of nitrogens with one attached hydrogen (secondary N) is 1. The maximum Gasteiger partial charge on any atom is 0.329 e. The highest BCUT2D eigenvalue weighted by Gasteiger charge is 2.38. The van der Waals surface area contributed by atoms with E-state index in [1.165, 1.54) is 0 Å². The number of fused-ring (bicyclic) bond motifs is 4. The van der Waals surface area contributed by atoms with Gasteiger partial charge >= 0.3 is 6.03 Å². The highest BCUT2D eigenvalue weighted by Crippen LogP contribution is 2.39. The zero-order chi connectivity index (χ0) is 20.7. The Morgan fingerprint density at radius 2 is 2.03 bits per heavy atom. The molecule has 8 heteroatoms. The van der Waals surface area contributed by atoms with Crippen LogP contribution >= 0.6 is 0 Å². The molecule has 0 saturated carbocycles. The molecule has 0 unspecified atom stereocenters. The summed E-state index contributed by atoms with van der Waals surface area (Å²) in [6.45, 7) is 5.61. The van der Waals surface area contributed by atoms with Gasteiger partial charge in [0, 0.05) is 36.7 Å². The molecule has 1 atom stereocenters. The van der Waals surface area contributed by atoms with Crippen molar-refractivity contribution in [1.82, 2.24) is 19.9 Å². The summed E-state index contributed by atoms with van der Waals surface area (Å²) in [7, 11) is 0. The lowest BCUT2D eigenvalue weighted by atomic mass is 9.99. The van der Waals surface area contributed by atoms with Gasteiger partial charge in [-0.25, -0.2) is 14.8 Å². The van der Waals surface area contributed by atoms with Gasteiger partial charge in [-0.05, 0) is 51.0 Å². The van der Waals surface area contributed by atoms with E-state index >= 15 is 0 Å². The summed E-state index contributed by atoms with van der Waals surface area (Å²) in [5, 5.41) is 2.91. The number of carbonyl (C=O) groups excluding carboxylic acids is 1. The summed E-state index contributed by atoms with van der Waals surface area (Å²) >= 11 is 0. The summed E-state index contributed by atoms with van der Waals surface area (Å²) in [5.74, 6) is 1.14. The standard InChI is InChI=1S/C22H23N7O/c1-14-10-16(7-8-24-14)18-5-6-19-21(26-18)29(17-4-3-9-28(19)13-17)22(30)27-20-12-23-11-15(2)25-20/h5-8,10-12,17H,3-4,9,13H2,1-2H3,(H,25,27,30)/t17-/m0/s1. The molecule has 0 radical (unpaired) electrons. The van der Waals surface area contributed by atoms with Crippen LogP contribution in [0.5, 0.6) is 0 Å². The maximum absolute atomic E-state index is 13.3. The number of carbonyl (C=O) groups is 1. The Morgan fingerprint density at radius 1 is 1.13 bits per heavy atom. The Hall–Kier alpha value is -3.55. The van der Waals surface area contributed by atoms with E-state index in [1.807, 2.05) is 32.0 Å². The Kier molecular flexibility index (Phi) is 4.54. The molecule has 1 fully saturated rings. The molecule has 2 aliphatic heterocycles. The number of aryl methyl sites for hydroxylation is 2. The average Bonchev–Trinajstić information content (AvgIpc) is 2.74. The van der Waals surface area contributed by atoms with E-state index in [9.17, 15) is 4.79 Å². The first-order valence-electron chi connectivity index (χ1n) is 10.2. The van der Waals surface area contributed by atoms with Gasteiger partial charge in [0.15, 0.2) is 11.6 Å². The van der Waals surface area contributed by atoms with Crippen LogP contribution in [0.4, 0.5) is 22.1 Å². The zero-order valence-corrected chi connectivity index (χ0v) is 17.0. The SMILES string of the molecule is Cc1cc(-c2ccc3c(n2)N(C(=O)Nc2cncc(C)n2)[C@H]2CCCN3C2)ccn1. The van der Waals surface area contributed by atoms with Gasteiger partial charge in [-0.15, -0.1) is 0 Å². The van der Waals surface area contributed by atoms with Gasteiger partial charge in [-0.2, -0.15) is 0 Å². The first kappa shape index (κ1) is 18.5. The van der Waals surface area contributed by atoms with Gasteiger partial charge in [0.2, 0.25) is 0 Å². The highest BCUT2D eigenvalue weighted by atomic mass is 16.2.